The van der Waals surface area contributed by atoms with E-state index in [1.165, 1.54) is 0 Å². The van der Waals surface area contributed by atoms with Gasteiger partial charge in [-0.1, -0.05) is 85.1 Å². The third-order valence-corrected chi connectivity index (χ3v) is 7.21. The molecule has 37 heavy (non-hydrogen) atoms. The molecule has 2 amide bonds. The molecule has 0 bridgehead atoms. The first-order valence-corrected chi connectivity index (χ1v) is 13.2. The maximum Gasteiger partial charge on any atom is 0.268 e. The number of benzene rings is 3. The molecule has 2 atom stereocenters. The van der Waals surface area contributed by atoms with Gasteiger partial charge in [-0.2, -0.15) is 0 Å². The molecule has 6 heteroatoms. The van der Waals surface area contributed by atoms with Gasteiger partial charge in [0, 0.05) is 12.6 Å². The van der Waals surface area contributed by atoms with Gasteiger partial charge in [0.15, 0.2) is 11.5 Å². The van der Waals surface area contributed by atoms with Gasteiger partial charge in [-0.3, -0.25) is 9.59 Å². The van der Waals surface area contributed by atoms with Crippen LogP contribution in [-0.4, -0.2) is 42.0 Å². The van der Waals surface area contributed by atoms with Gasteiger partial charge in [-0.25, -0.2) is 0 Å². The van der Waals surface area contributed by atoms with Gasteiger partial charge in [0.05, 0.1) is 0 Å². The van der Waals surface area contributed by atoms with E-state index in [1.807, 2.05) is 79.7 Å². The molecular weight excluding hydrogens is 464 g/mol. The van der Waals surface area contributed by atoms with Crippen molar-refractivity contribution < 1.29 is 19.1 Å². The second-order valence-electron chi connectivity index (χ2n) is 9.93. The van der Waals surface area contributed by atoms with Gasteiger partial charge >= 0.3 is 0 Å². The Kier molecular flexibility index (Phi) is 7.73. The Morgan fingerprint density at radius 2 is 1.59 bits per heavy atom. The van der Waals surface area contributed by atoms with Crippen molar-refractivity contribution >= 4 is 11.8 Å². The van der Waals surface area contributed by atoms with Crippen molar-refractivity contribution in [1.29, 1.82) is 0 Å². The predicted octanol–water partition coefficient (Wildman–Crippen LogP) is 5.01. The van der Waals surface area contributed by atoms with Crippen LogP contribution in [-0.2, 0) is 16.0 Å². The first kappa shape index (κ1) is 24.9. The fourth-order valence-corrected chi connectivity index (χ4v) is 5.16. The van der Waals surface area contributed by atoms with Crippen LogP contribution in [0.15, 0.2) is 78.9 Å². The lowest BCUT2D eigenvalue weighted by molar-refractivity contribution is -0.148. The van der Waals surface area contributed by atoms with E-state index in [2.05, 4.69) is 5.32 Å². The van der Waals surface area contributed by atoms with Crippen LogP contribution in [0.25, 0.3) is 0 Å². The highest BCUT2D eigenvalue weighted by molar-refractivity contribution is 5.91. The van der Waals surface area contributed by atoms with E-state index in [-0.39, 0.29) is 24.5 Å². The van der Waals surface area contributed by atoms with Crippen LogP contribution >= 0.6 is 0 Å². The highest BCUT2D eigenvalue weighted by atomic mass is 16.6. The average Bonchev–Trinajstić information content (AvgIpc) is 3.44. The molecule has 1 heterocycles. The number of rotatable bonds is 8. The molecule has 0 saturated heterocycles. The normalized spacial score (nSPS) is 17.7. The first-order chi connectivity index (χ1) is 18.1. The van der Waals surface area contributed by atoms with E-state index < -0.39 is 12.1 Å². The maximum atomic E-state index is 14.1. The topological polar surface area (TPSA) is 67.9 Å². The third-order valence-electron chi connectivity index (χ3n) is 7.21. The third kappa shape index (κ3) is 5.96. The van der Waals surface area contributed by atoms with E-state index in [9.17, 15) is 9.59 Å². The monoisotopic (exact) mass is 498 g/mol. The summed E-state index contributed by atoms with van der Waals surface area (Å²) in [7, 11) is 0. The smallest absolute Gasteiger partial charge is 0.268 e. The molecular formula is C31H34N2O4. The standard InChI is InChI=1S/C31H34N2O4/c1-22-15-17-24(18-16-22)29(30(34)32-25-11-5-6-12-25)33(20-19-23-9-3-2-4-10-23)31(35)28-21-36-26-13-7-8-14-27(26)37-28/h2-4,7-10,13-18,25,28-29H,5-6,11-12,19-21H2,1H3,(H,32,34)/t28-,29-/m0/s1. The Hall–Kier alpha value is -3.80. The minimum Gasteiger partial charge on any atom is -0.485 e. The summed E-state index contributed by atoms with van der Waals surface area (Å²) >= 11 is 0. The van der Waals surface area contributed by atoms with E-state index >= 15 is 0 Å². The summed E-state index contributed by atoms with van der Waals surface area (Å²) < 4.78 is 12.0. The minimum atomic E-state index is -0.835. The predicted molar refractivity (Wildman–Crippen MR) is 143 cm³/mol. The lowest BCUT2D eigenvalue weighted by Crippen LogP contribution is -2.52. The fourth-order valence-electron chi connectivity index (χ4n) is 5.16. The van der Waals surface area contributed by atoms with Crippen molar-refractivity contribution in [1.82, 2.24) is 10.2 Å². The molecule has 1 N–H and O–H groups in total. The van der Waals surface area contributed by atoms with Crippen LogP contribution in [0.2, 0.25) is 0 Å². The number of carbonyl (C=O) groups excluding carboxylic acids is 2. The molecule has 1 aliphatic carbocycles. The van der Waals surface area contributed by atoms with Crippen molar-refractivity contribution in [2.24, 2.45) is 0 Å². The number of fused-ring (bicyclic) bond motifs is 1. The average molecular weight is 499 g/mol. The van der Waals surface area contributed by atoms with Crippen LogP contribution < -0.4 is 14.8 Å². The number of hydrogen-bond acceptors (Lipinski definition) is 4. The van der Waals surface area contributed by atoms with Crippen molar-refractivity contribution in [3.63, 3.8) is 0 Å². The molecule has 0 unspecified atom stereocenters. The van der Waals surface area contributed by atoms with Crippen molar-refractivity contribution in [2.75, 3.05) is 13.2 Å². The largest absolute Gasteiger partial charge is 0.485 e. The SMILES string of the molecule is Cc1ccc([C@@H](C(=O)NC2CCCC2)N(CCc2ccccc2)C(=O)[C@@H]2COc3ccccc3O2)cc1. The van der Waals surface area contributed by atoms with Gasteiger partial charge in [-0.05, 0) is 49.4 Å². The van der Waals surface area contributed by atoms with Gasteiger partial charge in [0.2, 0.25) is 12.0 Å². The molecule has 6 nitrogen and oxygen atoms in total. The van der Waals surface area contributed by atoms with Crippen LogP contribution in [0.5, 0.6) is 11.5 Å². The lowest BCUT2D eigenvalue weighted by Gasteiger charge is -2.36. The van der Waals surface area contributed by atoms with Gasteiger partial charge in [-0.15, -0.1) is 0 Å². The summed E-state index contributed by atoms with van der Waals surface area (Å²) in [5.41, 5.74) is 2.99. The van der Waals surface area contributed by atoms with Gasteiger partial charge in [0.25, 0.3) is 5.91 Å². The number of para-hydroxylation sites is 2. The van der Waals surface area contributed by atoms with Crippen molar-refractivity contribution in [3.05, 3.63) is 95.6 Å². The summed E-state index contributed by atoms with van der Waals surface area (Å²) in [6.45, 7) is 2.49. The van der Waals surface area contributed by atoms with Gasteiger partial charge in [0.1, 0.15) is 12.6 Å². The Morgan fingerprint density at radius 1 is 0.919 bits per heavy atom. The van der Waals surface area contributed by atoms with Crippen LogP contribution in [0.1, 0.15) is 48.4 Å². The molecule has 2 aliphatic rings. The zero-order valence-corrected chi connectivity index (χ0v) is 21.3. The first-order valence-electron chi connectivity index (χ1n) is 13.2. The Bertz CT molecular complexity index is 1210. The number of nitrogens with zero attached hydrogens (tertiary/aromatic N) is 1. The lowest BCUT2D eigenvalue weighted by atomic mass is 10.00. The number of nitrogens with one attached hydrogen (secondary N) is 1. The Labute approximate surface area is 218 Å². The molecule has 1 fully saturated rings. The summed E-state index contributed by atoms with van der Waals surface area (Å²) in [5, 5.41) is 3.24. The molecule has 3 aromatic carbocycles. The molecule has 5 rings (SSSR count). The highest BCUT2D eigenvalue weighted by Gasteiger charge is 2.38. The van der Waals surface area contributed by atoms with Gasteiger partial charge < -0.3 is 19.7 Å². The second-order valence-corrected chi connectivity index (χ2v) is 9.93. The Morgan fingerprint density at radius 3 is 2.32 bits per heavy atom. The summed E-state index contributed by atoms with van der Waals surface area (Å²) in [6, 6.07) is 24.6. The van der Waals surface area contributed by atoms with E-state index in [1.54, 1.807) is 11.0 Å². The molecule has 0 spiro atoms. The number of aryl methyl sites for hydroxylation is 1. The zero-order valence-electron chi connectivity index (χ0n) is 21.3. The fraction of sp³-hybridized carbons (Fsp3) is 0.355. The summed E-state index contributed by atoms with van der Waals surface area (Å²) in [5.74, 6) is 0.765. The van der Waals surface area contributed by atoms with E-state index in [0.29, 0.717) is 24.5 Å². The number of carbonyl (C=O) groups is 2. The summed E-state index contributed by atoms with van der Waals surface area (Å²) in [6.07, 6.45) is 3.96. The molecule has 0 radical (unpaired) electrons. The quantitative estimate of drug-likeness (QED) is 0.474. The van der Waals surface area contributed by atoms with Crippen LogP contribution in [0, 0.1) is 6.92 Å². The molecule has 1 aliphatic heterocycles. The van der Waals surface area contributed by atoms with Crippen molar-refractivity contribution in [3.8, 4) is 11.5 Å². The van der Waals surface area contributed by atoms with Crippen LogP contribution in [0.4, 0.5) is 0 Å². The summed E-state index contributed by atoms with van der Waals surface area (Å²) in [4.78, 5) is 29.6. The highest BCUT2D eigenvalue weighted by Crippen LogP contribution is 2.33. The Balaban J connectivity index is 1.46. The molecule has 3 aromatic rings. The number of amides is 2. The van der Waals surface area contributed by atoms with E-state index in [0.717, 1.165) is 42.4 Å². The molecule has 192 valence electrons. The zero-order chi connectivity index (χ0) is 25.6. The second kappa shape index (κ2) is 11.5. The molecule has 0 aromatic heterocycles. The van der Waals surface area contributed by atoms with Crippen LogP contribution in [0.3, 0.4) is 0 Å². The number of ether oxygens (including phenoxy) is 2. The minimum absolute atomic E-state index is 0.0997. The van der Waals surface area contributed by atoms with Crippen molar-refractivity contribution in [2.45, 2.75) is 57.2 Å². The van der Waals surface area contributed by atoms with E-state index in [4.69, 9.17) is 9.47 Å². The molecule has 1 saturated carbocycles. The number of hydrogen-bond donors (Lipinski definition) is 1. The maximum absolute atomic E-state index is 14.1.